The number of esters is 1. The van der Waals surface area contributed by atoms with Crippen molar-refractivity contribution in [2.75, 3.05) is 6.61 Å². The molecular formula is C20H32O2. The summed E-state index contributed by atoms with van der Waals surface area (Å²) < 4.78 is 5.10. The molecule has 1 aliphatic carbocycles. The molecule has 1 atom stereocenters. The molecule has 0 heterocycles. The van der Waals surface area contributed by atoms with Crippen LogP contribution in [0.1, 0.15) is 72.6 Å². The minimum Gasteiger partial charge on any atom is -0.466 e. The standard InChI is InChI=1S/C20H32O2/c1-5-22-20(21)19-14-12-18(13-15-19)11-7-10-17(4)9-6-8-16(2)3/h8,10,12,19H,5-7,9,11,13-15H2,1-4H3/b17-10+/t19-/m1/s1. The number of carbonyl (C=O) groups excluding carboxylic acids is 1. The molecule has 0 fully saturated rings. The highest BCUT2D eigenvalue weighted by Gasteiger charge is 2.22. The Morgan fingerprint density at radius 2 is 2.05 bits per heavy atom. The van der Waals surface area contributed by atoms with Crippen LogP contribution in [0.3, 0.4) is 0 Å². The summed E-state index contributed by atoms with van der Waals surface area (Å²) in [5.41, 5.74) is 4.39. The summed E-state index contributed by atoms with van der Waals surface area (Å²) in [6.45, 7) is 8.89. The van der Waals surface area contributed by atoms with Gasteiger partial charge in [-0.3, -0.25) is 4.79 Å². The average molecular weight is 304 g/mol. The molecule has 1 aliphatic rings. The molecule has 0 N–H and O–H groups in total. The van der Waals surface area contributed by atoms with Crippen molar-refractivity contribution in [1.29, 1.82) is 0 Å². The van der Waals surface area contributed by atoms with E-state index in [0.717, 1.165) is 44.9 Å². The van der Waals surface area contributed by atoms with Crippen LogP contribution in [0.15, 0.2) is 34.9 Å². The van der Waals surface area contributed by atoms with E-state index < -0.39 is 0 Å². The maximum absolute atomic E-state index is 11.7. The van der Waals surface area contributed by atoms with Crippen molar-refractivity contribution in [2.45, 2.75) is 72.6 Å². The number of allylic oxidation sites excluding steroid dienone is 6. The molecule has 2 nitrogen and oxygen atoms in total. The Kier molecular flexibility index (Phi) is 8.88. The zero-order chi connectivity index (χ0) is 16.4. The molecule has 0 aromatic rings. The second kappa shape index (κ2) is 10.4. The Morgan fingerprint density at radius 1 is 1.27 bits per heavy atom. The third kappa shape index (κ3) is 7.63. The number of carbonyl (C=O) groups is 1. The quantitative estimate of drug-likeness (QED) is 0.421. The summed E-state index contributed by atoms with van der Waals surface area (Å²) in [5.74, 6) is 0.0675. The van der Waals surface area contributed by atoms with Crippen LogP contribution >= 0.6 is 0 Å². The Balaban J connectivity index is 2.28. The van der Waals surface area contributed by atoms with Crippen LogP contribution in [0.2, 0.25) is 0 Å². The fourth-order valence-electron chi connectivity index (χ4n) is 2.78. The lowest BCUT2D eigenvalue weighted by molar-refractivity contribution is -0.148. The molecular weight excluding hydrogens is 272 g/mol. The summed E-state index contributed by atoms with van der Waals surface area (Å²) in [6.07, 6.45) is 14.4. The average Bonchev–Trinajstić information content (AvgIpc) is 2.48. The van der Waals surface area contributed by atoms with Crippen LogP contribution < -0.4 is 0 Å². The summed E-state index contributed by atoms with van der Waals surface area (Å²) in [4.78, 5) is 11.7. The SMILES string of the molecule is CCOC(=O)[C@@H]1CC=C(CC/C=C(\C)CCC=C(C)C)CC1. The van der Waals surface area contributed by atoms with Gasteiger partial charge in [-0.1, -0.05) is 34.9 Å². The van der Waals surface area contributed by atoms with Crippen molar-refractivity contribution < 1.29 is 9.53 Å². The van der Waals surface area contributed by atoms with E-state index in [0.29, 0.717) is 6.61 Å². The van der Waals surface area contributed by atoms with Crippen LogP contribution in [0.4, 0.5) is 0 Å². The Hall–Kier alpha value is -1.31. The van der Waals surface area contributed by atoms with Crippen molar-refractivity contribution in [3.8, 4) is 0 Å². The second-order valence-electron chi connectivity index (χ2n) is 6.50. The molecule has 1 rings (SSSR count). The topological polar surface area (TPSA) is 26.3 Å². The highest BCUT2D eigenvalue weighted by molar-refractivity contribution is 5.72. The van der Waals surface area contributed by atoms with Crippen molar-refractivity contribution in [2.24, 2.45) is 5.92 Å². The highest BCUT2D eigenvalue weighted by Crippen LogP contribution is 2.27. The summed E-state index contributed by atoms with van der Waals surface area (Å²) >= 11 is 0. The molecule has 0 aromatic heterocycles. The van der Waals surface area contributed by atoms with Crippen molar-refractivity contribution in [3.63, 3.8) is 0 Å². The fourth-order valence-corrected chi connectivity index (χ4v) is 2.78. The minimum atomic E-state index is -0.0205. The van der Waals surface area contributed by atoms with E-state index in [1.807, 2.05) is 6.92 Å². The van der Waals surface area contributed by atoms with Gasteiger partial charge in [0.2, 0.25) is 0 Å². The number of hydrogen-bond donors (Lipinski definition) is 0. The van der Waals surface area contributed by atoms with Crippen LogP contribution in [-0.2, 0) is 9.53 Å². The smallest absolute Gasteiger partial charge is 0.309 e. The fraction of sp³-hybridized carbons (Fsp3) is 0.650. The molecule has 0 spiro atoms. The summed E-state index contributed by atoms with van der Waals surface area (Å²) in [5, 5.41) is 0. The van der Waals surface area contributed by atoms with Gasteiger partial charge in [-0.25, -0.2) is 0 Å². The highest BCUT2D eigenvalue weighted by atomic mass is 16.5. The van der Waals surface area contributed by atoms with Gasteiger partial charge in [0.1, 0.15) is 0 Å². The third-order valence-corrected chi connectivity index (χ3v) is 4.17. The van der Waals surface area contributed by atoms with E-state index in [2.05, 4.69) is 39.0 Å². The number of hydrogen-bond acceptors (Lipinski definition) is 2. The first-order chi connectivity index (χ1) is 10.5. The third-order valence-electron chi connectivity index (χ3n) is 4.17. The van der Waals surface area contributed by atoms with E-state index in [9.17, 15) is 4.79 Å². The van der Waals surface area contributed by atoms with Crippen molar-refractivity contribution >= 4 is 5.97 Å². The predicted octanol–water partition coefficient (Wildman–Crippen LogP) is 5.75. The van der Waals surface area contributed by atoms with Gasteiger partial charge in [0, 0.05) is 0 Å². The molecule has 0 aliphatic heterocycles. The molecule has 22 heavy (non-hydrogen) atoms. The first-order valence-electron chi connectivity index (χ1n) is 8.66. The van der Waals surface area contributed by atoms with E-state index in [1.54, 1.807) is 0 Å². The predicted molar refractivity (Wildman–Crippen MR) is 93.7 cm³/mol. The number of rotatable bonds is 8. The van der Waals surface area contributed by atoms with Gasteiger partial charge in [-0.15, -0.1) is 0 Å². The van der Waals surface area contributed by atoms with Gasteiger partial charge < -0.3 is 4.74 Å². The molecule has 0 radical (unpaired) electrons. The Bertz CT molecular complexity index is 437. The van der Waals surface area contributed by atoms with Crippen molar-refractivity contribution in [3.05, 3.63) is 34.9 Å². The molecule has 0 unspecified atom stereocenters. The lowest BCUT2D eigenvalue weighted by Gasteiger charge is -2.20. The largest absolute Gasteiger partial charge is 0.466 e. The van der Waals surface area contributed by atoms with E-state index in [4.69, 9.17) is 4.74 Å². The molecule has 0 amide bonds. The summed E-state index contributed by atoms with van der Waals surface area (Å²) in [6, 6.07) is 0. The van der Waals surface area contributed by atoms with Crippen LogP contribution in [-0.4, -0.2) is 12.6 Å². The second-order valence-corrected chi connectivity index (χ2v) is 6.50. The van der Waals surface area contributed by atoms with E-state index in [-0.39, 0.29) is 11.9 Å². The first-order valence-corrected chi connectivity index (χ1v) is 8.66. The van der Waals surface area contributed by atoms with Gasteiger partial charge in [0.15, 0.2) is 0 Å². The Morgan fingerprint density at radius 3 is 2.64 bits per heavy atom. The van der Waals surface area contributed by atoms with Crippen LogP contribution in [0.25, 0.3) is 0 Å². The van der Waals surface area contributed by atoms with Gasteiger partial charge in [0.25, 0.3) is 0 Å². The maximum atomic E-state index is 11.7. The van der Waals surface area contributed by atoms with Crippen LogP contribution in [0, 0.1) is 5.92 Å². The molecule has 0 bridgehead atoms. The number of ether oxygens (including phenoxy) is 1. The van der Waals surface area contributed by atoms with E-state index >= 15 is 0 Å². The lowest BCUT2D eigenvalue weighted by atomic mass is 9.87. The first kappa shape index (κ1) is 18.7. The van der Waals surface area contributed by atoms with Gasteiger partial charge in [0.05, 0.1) is 12.5 Å². The maximum Gasteiger partial charge on any atom is 0.309 e. The Labute approximate surface area is 136 Å². The lowest BCUT2D eigenvalue weighted by Crippen LogP contribution is -2.19. The molecule has 0 aromatic carbocycles. The van der Waals surface area contributed by atoms with Crippen molar-refractivity contribution in [1.82, 2.24) is 0 Å². The summed E-state index contributed by atoms with van der Waals surface area (Å²) in [7, 11) is 0. The zero-order valence-corrected chi connectivity index (χ0v) is 14.8. The zero-order valence-electron chi connectivity index (χ0n) is 14.8. The monoisotopic (exact) mass is 304 g/mol. The molecule has 2 heteroatoms. The normalized spacial score (nSPS) is 18.6. The van der Waals surface area contributed by atoms with Gasteiger partial charge >= 0.3 is 5.97 Å². The molecule has 0 saturated heterocycles. The van der Waals surface area contributed by atoms with Gasteiger partial charge in [-0.05, 0) is 72.6 Å². The van der Waals surface area contributed by atoms with E-state index in [1.165, 1.54) is 16.7 Å². The minimum absolute atomic E-state index is 0.0205. The molecule has 0 saturated carbocycles. The molecule has 124 valence electrons. The van der Waals surface area contributed by atoms with Gasteiger partial charge in [-0.2, -0.15) is 0 Å². The van der Waals surface area contributed by atoms with Crippen LogP contribution in [0.5, 0.6) is 0 Å².